The molecule has 1 saturated carbocycles. The maximum absolute atomic E-state index is 13.0. The first-order valence-electron chi connectivity index (χ1n) is 8.87. The van der Waals surface area contributed by atoms with Gasteiger partial charge in [-0.1, -0.05) is 44.2 Å². The highest BCUT2D eigenvalue weighted by Crippen LogP contribution is 2.46. The van der Waals surface area contributed by atoms with Crippen molar-refractivity contribution in [2.75, 3.05) is 6.61 Å². The molecule has 1 aliphatic heterocycles. The Morgan fingerprint density at radius 3 is 2.52 bits per heavy atom. The molecule has 1 aliphatic carbocycles. The number of carbonyl (C=O) groups excluding carboxylic acids is 2. The van der Waals surface area contributed by atoms with Gasteiger partial charge in [-0.3, -0.25) is 9.79 Å². The first-order valence-corrected chi connectivity index (χ1v) is 8.87. The predicted molar refractivity (Wildman–Crippen MR) is 97.5 cm³/mol. The Morgan fingerprint density at radius 2 is 1.88 bits per heavy atom. The summed E-state index contributed by atoms with van der Waals surface area (Å²) in [6.07, 6.45) is 1.29. The Bertz CT molecular complexity index is 759. The molecule has 1 aromatic carbocycles. The largest absolute Gasteiger partial charge is 0.463 e. The fraction of sp³-hybridized carbons (Fsp3) is 0.476. The topological polar surface area (TPSA) is 55.7 Å². The third-order valence-electron chi connectivity index (χ3n) is 5.02. The SMILES string of the molecule is CCOC(=O)C1=C(C)N=C2CC(C)(C)CC(=O)C2C1c1ccccc1. The molecule has 1 heterocycles. The molecule has 0 aromatic heterocycles. The molecule has 0 bridgehead atoms. The van der Waals surface area contributed by atoms with Gasteiger partial charge in [-0.15, -0.1) is 0 Å². The van der Waals surface area contributed by atoms with E-state index in [1.54, 1.807) is 6.92 Å². The number of carbonyl (C=O) groups is 2. The van der Waals surface area contributed by atoms with E-state index >= 15 is 0 Å². The van der Waals surface area contributed by atoms with Crippen molar-refractivity contribution in [3.8, 4) is 0 Å². The Morgan fingerprint density at radius 1 is 1.20 bits per heavy atom. The van der Waals surface area contributed by atoms with E-state index in [4.69, 9.17) is 4.74 Å². The summed E-state index contributed by atoms with van der Waals surface area (Å²) in [6, 6.07) is 9.78. The van der Waals surface area contributed by atoms with Crippen LogP contribution in [0.15, 0.2) is 46.6 Å². The lowest BCUT2D eigenvalue weighted by molar-refractivity contribution is -0.139. The van der Waals surface area contributed by atoms with Crippen molar-refractivity contribution < 1.29 is 14.3 Å². The fourth-order valence-corrected chi connectivity index (χ4v) is 4.09. The van der Waals surface area contributed by atoms with Gasteiger partial charge in [0.05, 0.1) is 18.1 Å². The number of hydrogen-bond donors (Lipinski definition) is 0. The van der Waals surface area contributed by atoms with Gasteiger partial charge < -0.3 is 4.74 Å². The van der Waals surface area contributed by atoms with Gasteiger partial charge in [-0.25, -0.2) is 4.79 Å². The molecule has 2 unspecified atom stereocenters. The zero-order chi connectivity index (χ0) is 18.2. The first-order chi connectivity index (χ1) is 11.8. The third kappa shape index (κ3) is 3.30. The average Bonchev–Trinajstić information content (AvgIpc) is 2.53. The zero-order valence-corrected chi connectivity index (χ0v) is 15.3. The summed E-state index contributed by atoms with van der Waals surface area (Å²) >= 11 is 0. The number of aliphatic imine (C=N–C) groups is 1. The summed E-state index contributed by atoms with van der Waals surface area (Å²) in [6.45, 7) is 8.14. The van der Waals surface area contributed by atoms with Gasteiger partial charge in [-0.2, -0.15) is 0 Å². The molecule has 1 fully saturated rings. The van der Waals surface area contributed by atoms with Crippen molar-refractivity contribution in [1.29, 1.82) is 0 Å². The van der Waals surface area contributed by atoms with E-state index in [0.29, 0.717) is 24.3 Å². The molecule has 0 radical (unpaired) electrons. The van der Waals surface area contributed by atoms with Gasteiger partial charge in [0.15, 0.2) is 0 Å². The van der Waals surface area contributed by atoms with Crippen molar-refractivity contribution in [1.82, 2.24) is 0 Å². The van der Waals surface area contributed by atoms with E-state index in [1.165, 1.54) is 0 Å². The Hall–Kier alpha value is -2.23. The van der Waals surface area contributed by atoms with E-state index < -0.39 is 0 Å². The lowest BCUT2D eigenvalue weighted by Crippen LogP contribution is -2.44. The molecule has 0 N–H and O–H groups in total. The van der Waals surface area contributed by atoms with E-state index in [1.807, 2.05) is 37.3 Å². The molecule has 25 heavy (non-hydrogen) atoms. The molecule has 4 nitrogen and oxygen atoms in total. The molecule has 2 aliphatic rings. The van der Waals surface area contributed by atoms with E-state index in [9.17, 15) is 9.59 Å². The minimum Gasteiger partial charge on any atom is -0.463 e. The quantitative estimate of drug-likeness (QED) is 0.780. The van der Waals surface area contributed by atoms with Crippen LogP contribution < -0.4 is 0 Å². The van der Waals surface area contributed by atoms with Crippen molar-refractivity contribution in [3.05, 3.63) is 47.2 Å². The van der Waals surface area contributed by atoms with Crippen molar-refractivity contribution in [3.63, 3.8) is 0 Å². The maximum atomic E-state index is 13.0. The molecule has 3 rings (SSSR count). The molecule has 0 spiro atoms. The fourth-order valence-electron chi connectivity index (χ4n) is 4.09. The lowest BCUT2D eigenvalue weighted by Gasteiger charge is -2.41. The van der Waals surface area contributed by atoms with Gasteiger partial charge >= 0.3 is 5.97 Å². The summed E-state index contributed by atoms with van der Waals surface area (Å²) in [5.41, 5.74) is 2.98. The smallest absolute Gasteiger partial charge is 0.336 e. The molecule has 4 heteroatoms. The number of allylic oxidation sites excluding steroid dienone is 1. The number of benzene rings is 1. The van der Waals surface area contributed by atoms with Crippen molar-refractivity contribution in [2.24, 2.45) is 16.3 Å². The number of ketones is 1. The number of hydrogen-bond acceptors (Lipinski definition) is 4. The second-order valence-corrected chi connectivity index (χ2v) is 7.67. The number of nitrogens with zero attached hydrogens (tertiary/aromatic N) is 1. The molecule has 0 amide bonds. The minimum atomic E-state index is -0.366. The number of ether oxygens (including phenoxy) is 1. The maximum Gasteiger partial charge on any atom is 0.336 e. The summed E-state index contributed by atoms with van der Waals surface area (Å²) in [4.78, 5) is 30.3. The second kappa shape index (κ2) is 6.58. The highest BCUT2D eigenvalue weighted by molar-refractivity contribution is 6.12. The molecule has 1 aromatic rings. The molecular weight excluding hydrogens is 314 g/mol. The summed E-state index contributed by atoms with van der Waals surface area (Å²) in [5, 5.41) is 0. The van der Waals surface area contributed by atoms with E-state index in [0.717, 1.165) is 17.7 Å². The Kier molecular flexibility index (Phi) is 4.63. The van der Waals surface area contributed by atoms with Gasteiger partial charge in [0.2, 0.25) is 0 Å². The van der Waals surface area contributed by atoms with Gasteiger partial charge in [-0.05, 0) is 31.2 Å². The minimum absolute atomic E-state index is 0.0879. The Labute approximate surface area is 149 Å². The molecular formula is C21H25NO3. The van der Waals surface area contributed by atoms with E-state index in [-0.39, 0.29) is 29.0 Å². The van der Waals surface area contributed by atoms with Crippen molar-refractivity contribution in [2.45, 2.75) is 46.5 Å². The predicted octanol–water partition coefficient (Wildman–Crippen LogP) is 4.07. The lowest BCUT2D eigenvalue weighted by atomic mass is 9.63. The molecule has 132 valence electrons. The number of fused-ring (bicyclic) bond motifs is 1. The van der Waals surface area contributed by atoms with Crippen molar-refractivity contribution >= 4 is 17.5 Å². The van der Waals surface area contributed by atoms with Crippen LogP contribution >= 0.6 is 0 Å². The van der Waals surface area contributed by atoms with Gasteiger partial charge in [0.1, 0.15) is 5.78 Å². The van der Waals surface area contributed by atoms with E-state index in [2.05, 4.69) is 18.8 Å². The third-order valence-corrected chi connectivity index (χ3v) is 5.02. The van der Waals surface area contributed by atoms with Gasteiger partial charge in [0.25, 0.3) is 0 Å². The monoisotopic (exact) mass is 339 g/mol. The number of Topliss-reactive ketones (excluding diaryl/α,β-unsaturated/α-hetero) is 1. The highest BCUT2D eigenvalue weighted by atomic mass is 16.5. The average molecular weight is 339 g/mol. The zero-order valence-electron chi connectivity index (χ0n) is 15.3. The molecule has 2 atom stereocenters. The van der Waals surface area contributed by atoms with Crippen LogP contribution in [-0.2, 0) is 14.3 Å². The number of esters is 1. The van der Waals surface area contributed by atoms with Crippen LogP contribution in [0.2, 0.25) is 0 Å². The summed E-state index contributed by atoms with van der Waals surface area (Å²) < 4.78 is 5.28. The van der Waals surface area contributed by atoms with Crippen LogP contribution in [0.5, 0.6) is 0 Å². The van der Waals surface area contributed by atoms with Crippen LogP contribution in [0, 0.1) is 11.3 Å². The Balaban J connectivity index is 2.15. The number of rotatable bonds is 3. The molecule has 0 saturated heterocycles. The summed E-state index contributed by atoms with van der Waals surface area (Å²) in [7, 11) is 0. The van der Waals surface area contributed by atoms with Gasteiger partial charge in [0, 0.05) is 23.7 Å². The highest BCUT2D eigenvalue weighted by Gasteiger charge is 2.47. The van der Waals surface area contributed by atoms with Crippen LogP contribution in [0.4, 0.5) is 0 Å². The first kappa shape index (κ1) is 17.6. The summed E-state index contributed by atoms with van der Waals surface area (Å²) in [5.74, 6) is -0.873. The van der Waals surface area contributed by atoms with Crippen LogP contribution in [0.25, 0.3) is 0 Å². The van der Waals surface area contributed by atoms with Crippen LogP contribution in [0.1, 0.15) is 52.0 Å². The second-order valence-electron chi connectivity index (χ2n) is 7.67. The van der Waals surface area contributed by atoms with Crippen LogP contribution in [0.3, 0.4) is 0 Å². The van der Waals surface area contributed by atoms with Crippen LogP contribution in [-0.4, -0.2) is 24.1 Å². The normalized spacial score (nSPS) is 25.3. The standard InChI is InChI=1S/C21H25NO3/c1-5-25-20(24)17-13(2)22-15-11-21(3,4)12-16(23)19(15)18(17)14-9-7-6-8-10-14/h6-10,18-19H,5,11-12H2,1-4H3.